The first kappa shape index (κ1) is 18.3. The molecule has 1 amide bonds. The Morgan fingerprint density at radius 1 is 1.17 bits per heavy atom. The summed E-state index contributed by atoms with van der Waals surface area (Å²) in [6.07, 6.45) is 1.30. The largest absolute Gasteiger partial charge is 0.474 e. The number of nitrogens with zero attached hydrogens (tertiary/aromatic N) is 3. The number of ether oxygens (including phenoxy) is 3. The van der Waals surface area contributed by atoms with Gasteiger partial charge in [-0.15, -0.1) is 10.2 Å². The van der Waals surface area contributed by atoms with Crippen LogP contribution in [0.4, 0.5) is 4.79 Å². The van der Waals surface area contributed by atoms with Gasteiger partial charge < -0.3 is 19.1 Å². The molecule has 1 aromatic heterocycles. The zero-order valence-corrected chi connectivity index (χ0v) is 15.1. The first-order valence-electron chi connectivity index (χ1n) is 8.38. The molecular weight excluding hydrogens is 310 g/mol. The normalized spacial score (nSPS) is 16.2. The average molecular weight is 337 g/mol. The highest BCUT2D eigenvalue weighted by Gasteiger charge is 2.27. The van der Waals surface area contributed by atoms with E-state index in [-0.39, 0.29) is 18.3 Å². The van der Waals surface area contributed by atoms with E-state index in [1.807, 2.05) is 34.6 Å². The van der Waals surface area contributed by atoms with Crippen molar-refractivity contribution in [3.63, 3.8) is 0 Å². The van der Waals surface area contributed by atoms with Crippen molar-refractivity contribution in [3.8, 4) is 11.8 Å². The lowest BCUT2D eigenvalue weighted by Gasteiger charge is -2.33. The minimum Gasteiger partial charge on any atom is -0.474 e. The van der Waals surface area contributed by atoms with Gasteiger partial charge in [0.2, 0.25) is 11.8 Å². The van der Waals surface area contributed by atoms with E-state index in [1.165, 1.54) is 0 Å². The maximum atomic E-state index is 12.0. The third-order valence-electron chi connectivity index (χ3n) is 3.35. The second-order valence-corrected chi connectivity index (χ2v) is 7.16. The number of likely N-dealkylation sites (tertiary alicyclic amines) is 1. The molecule has 2 rings (SSSR count). The van der Waals surface area contributed by atoms with Crippen LogP contribution in [-0.4, -0.2) is 52.1 Å². The molecule has 2 heterocycles. The molecule has 0 N–H and O–H groups in total. The van der Waals surface area contributed by atoms with E-state index in [0.29, 0.717) is 24.8 Å². The van der Waals surface area contributed by atoms with Gasteiger partial charge in [-0.2, -0.15) is 0 Å². The van der Waals surface area contributed by atoms with Crippen molar-refractivity contribution < 1.29 is 19.0 Å². The second kappa shape index (κ2) is 7.68. The van der Waals surface area contributed by atoms with E-state index in [4.69, 9.17) is 14.2 Å². The minimum absolute atomic E-state index is 0.0230. The summed E-state index contributed by atoms with van der Waals surface area (Å²) in [5.41, 5.74) is -0.472. The first-order chi connectivity index (χ1) is 11.2. The predicted octanol–water partition coefficient (Wildman–Crippen LogP) is 3.04. The molecule has 0 atom stereocenters. The monoisotopic (exact) mass is 337 g/mol. The summed E-state index contributed by atoms with van der Waals surface area (Å²) >= 11 is 0. The Labute approximate surface area is 143 Å². The lowest BCUT2D eigenvalue weighted by atomic mass is 10.1. The number of carbonyl (C=O) groups excluding carboxylic acids is 1. The van der Waals surface area contributed by atoms with Gasteiger partial charge in [0, 0.05) is 38.1 Å². The van der Waals surface area contributed by atoms with Gasteiger partial charge in [0.1, 0.15) is 11.7 Å². The molecule has 7 nitrogen and oxygen atoms in total. The van der Waals surface area contributed by atoms with Gasteiger partial charge in [-0.05, 0) is 34.6 Å². The molecule has 0 saturated carbocycles. The Bertz CT molecular complexity index is 532. The van der Waals surface area contributed by atoms with Crippen molar-refractivity contribution in [1.29, 1.82) is 0 Å². The molecule has 134 valence electrons. The summed E-state index contributed by atoms with van der Waals surface area (Å²) in [7, 11) is 0. The van der Waals surface area contributed by atoms with E-state index >= 15 is 0 Å². The number of hydrogen-bond acceptors (Lipinski definition) is 6. The highest BCUT2D eigenvalue weighted by Crippen LogP contribution is 2.20. The molecular formula is C17H27N3O4. The lowest BCUT2D eigenvalue weighted by Crippen LogP contribution is -2.44. The SMILES string of the molecule is CC(C)Oc1ccc(OC2CCN(C(=O)OC(C)(C)C)CC2)nn1. The van der Waals surface area contributed by atoms with Crippen LogP contribution in [0.2, 0.25) is 0 Å². The average Bonchev–Trinajstić information content (AvgIpc) is 2.48. The summed E-state index contributed by atoms with van der Waals surface area (Å²) in [4.78, 5) is 13.7. The highest BCUT2D eigenvalue weighted by atomic mass is 16.6. The van der Waals surface area contributed by atoms with Crippen LogP contribution in [0.5, 0.6) is 11.8 Å². The molecule has 1 aliphatic heterocycles. The first-order valence-corrected chi connectivity index (χ1v) is 8.38. The molecule has 0 spiro atoms. The Hall–Kier alpha value is -2.05. The molecule has 1 fully saturated rings. The molecule has 0 bridgehead atoms. The molecule has 1 aliphatic rings. The lowest BCUT2D eigenvalue weighted by molar-refractivity contribution is 0.0122. The predicted molar refractivity (Wildman–Crippen MR) is 89.3 cm³/mol. The number of amides is 1. The van der Waals surface area contributed by atoms with Gasteiger partial charge in [0.25, 0.3) is 0 Å². The summed E-state index contributed by atoms with van der Waals surface area (Å²) < 4.78 is 16.7. The molecule has 1 saturated heterocycles. The van der Waals surface area contributed by atoms with E-state index in [2.05, 4.69) is 10.2 Å². The molecule has 0 unspecified atom stereocenters. The fraction of sp³-hybridized carbons (Fsp3) is 0.706. The van der Waals surface area contributed by atoms with E-state index in [9.17, 15) is 4.79 Å². The maximum absolute atomic E-state index is 12.0. The summed E-state index contributed by atoms with van der Waals surface area (Å²) in [5.74, 6) is 0.957. The van der Waals surface area contributed by atoms with Crippen molar-refractivity contribution in [3.05, 3.63) is 12.1 Å². The van der Waals surface area contributed by atoms with Crippen molar-refractivity contribution in [1.82, 2.24) is 15.1 Å². The van der Waals surface area contributed by atoms with Crippen LogP contribution in [0.3, 0.4) is 0 Å². The van der Waals surface area contributed by atoms with Crippen molar-refractivity contribution >= 4 is 6.09 Å². The van der Waals surface area contributed by atoms with Gasteiger partial charge in [-0.1, -0.05) is 0 Å². The van der Waals surface area contributed by atoms with E-state index in [1.54, 1.807) is 17.0 Å². The van der Waals surface area contributed by atoms with Gasteiger partial charge in [-0.25, -0.2) is 4.79 Å². The fourth-order valence-electron chi connectivity index (χ4n) is 2.33. The Morgan fingerprint density at radius 2 is 1.75 bits per heavy atom. The topological polar surface area (TPSA) is 73.8 Å². The summed E-state index contributed by atoms with van der Waals surface area (Å²) in [6, 6.07) is 3.50. The Morgan fingerprint density at radius 3 is 2.25 bits per heavy atom. The third kappa shape index (κ3) is 5.86. The van der Waals surface area contributed by atoms with Crippen molar-refractivity contribution in [2.24, 2.45) is 0 Å². The van der Waals surface area contributed by atoms with Crippen LogP contribution in [0.15, 0.2) is 12.1 Å². The second-order valence-electron chi connectivity index (χ2n) is 7.16. The number of piperidine rings is 1. The quantitative estimate of drug-likeness (QED) is 0.841. The van der Waals surface area contributed by atoms with Crippen LogP contribution in [0, 0.1) is 0 Å². The fourth-order valence-corrected chi connectivity index (χ4v) is 2.33. The minimum atomic E-state index is -0.472. The van der Waals surface area contributed by atoms with Gasteiger partial charge in [-0.3, -0.25) is 0 Å². The molecule has 1 aromatic rings. The van der Waals surface area contributed by atoms with Crippen LogP contribution < -0.4 is 9.47 Å². The molecule has 0 aliphatic carbocycles. The van der Waals surface area contributed by atoms with Crippen LogP contribution in [-0.2, 0) is 4.74 Å². The van der Waals surface area contributed by atoms with Crippen LogP contribution in [0.1, 0.15) is 47.5 Å². The zero-order chi connectivity index (χ0) is 17.7. The number of aromatic nitrogens is 2. The number of carbonyl (C=O) groups is 1. The Balaban J connectivity index is 1.79. The molecule has 0 radical (unpaired) electrons. The van der Waals surface area contributed by atoms with E-state index < -0.39 is 5.60 Å². The van der Waals surface area contributed by atoms with Gasteiger partial charge >= 0.3 is 6.09 Å². The van der Waals surface area contributed by atoms with Crippen LogP contribution in [0.25, 0.3) is 0 Å². The van der Waals surface area contributed by atoms with E-state index in [0.717, 1.165) is 12.8 Å². The third-order valence-corrected chi connectivity index (χ3v) is 3.35. The summed E-state index contributed by atoms with van der Waals surface area (Å²) in [6.45, 7) is 10.7. The molecule has 0 aromatic carbocycles. The zero-order valence-electron chi connectivity index (χ0n) is 15.1. The van der Waals surface area contributed by atoms with Gasteiger partial charge in [0.15, 0.2) is 0 Å². The maximum Gasteiger partial charge on any atom is 0.410 e. The van der Waals surface area contributed by atoms with Crippen molar-refractivity contribution in [2.75, 3.05) is 13.1 Å². The number of rotatable bonds is 4. The number of hydrogen-bond donors (Lipinski definition) is 0. The molecule has 7 heteroatoms. The van der Waals surface area contributed by atoms with Gasteiger partial charge in [0.05, 0.1) is 6.10 Å². The van der Waals surface area contributed by atoms with Crippen molar-refractivity contribution in [2.45, 2.75) is 65.3 Å². The standard InChI is InChI=1S/C17H27N3O4/c1-12(2)22-14-6-7-15(19-18-14)23-13-8-10-20(11-9-13)16(21)24-17(3,4)5/h6-7,12-13H,8-11H2,1-5H3. The smallest absolute Gasteiger partial charge is 0.410 e. The molecule has 24 heavy (non-hydrogen) atoms. The summed E-state index contributed by atoms with van der Waals surface area (Å²) in [5, 5.41) is 8.01. The Kier molecular flexibility index (Phi) is 5.85. The highest BCUT2D eigenvalue weighted by molar-refractivity contribution is 5.68. The van der Waals surface area contributed by atoms with Crippen LogP contribution >= 0.6 is 0 Å².